The number of benzene rings is 1. The van der Waals surface area contributed by atoms with Crippen molar-refractivity contribution in [2.45, 2.75) is 18.6 Å². The molecule has 1 atom stereocenters. The van der Waals surface area contributed by atoms with Gasteiger partial charge in [-0.3, -0.25) is 9.59 Å². The zero-order valence-corrected chi connectivity index (χ0v) is 13.3. The number of amides is 1. The quantitative estimate of drug-likeness (QED) is 0.597. The molecule has 1 saturated heterocycles. The Balaban J connectivity index is 2.14. The second-order valence-electron chi connectivity index (χ2n) is 4.58. The van der Waals surface area contributed by atoms with Gasteiger partial charge in [-0.1, -0.05) is 11.8 Å². The Kier molecular flexibility index (Phi) is 5.85. The molecule has 0 aliphatic carbocycles. The summed E-state index contributed by atoms with van der Waals surface area (Å²) >= 11 is 0.918. The highest BCUT2D eigenvalue weighted by Crippen LogP contribution is 2.24. The van der Waals surface area contributed by atoms with Crippen LogP contribution in [0.3, 0.4) is 0 Å². The monoisotopic (exact) mass is 357 g/mol. The Morgan fingerprint density at radius 1 is 1.50 bits per heavy atom. The van der Waals surface area contributed by atoms with Crippen LogP contribution in [-0.4, -0.2) is 40.2 Å². The molecule has 10 heteroatoms. The Morgan fingerprint density at radius 2 is 2.25 bits per heavy atom. The van der Waals surface area contributed by atoms with Crippen LogP contribution in [0.15, 0.2) is 22.3 Å². The minimum atomic E-state index is -1.11. The summed E-state index contributed by atoms with van der Waals surface area (Å²) in [7, 11) is 0. The van der Waals surface area contributed by atoms with Gasteiger partial charge in [-0.05, 0) is 13.0 Å². The molecular weight excluding hydrogens is 344 g/mol. The number of amidine groups is 1. The highest BCUT2D eigenvalue weighted by atomic mass is 32.2. The predicted octanol–water partition coefficient (Wildman–Crippen LogP) is 1.76. The van der Waals surface area contributed by atoms with E-state index in [1.807, 2.05) is 0 Å². The van der Waals surface area contributed by atoms with Crippen molar-refractivity contribution in [1.29, 1.82) is 0 Å². The molecule has 1 amide bonds. The zero-order chi connectivity index (χ0) is 17.7. The van der Waals surface area contributed by atoms with Gasteiger partial charge in [-0.15, -0.1) is 5.10 Å². The molecule has 1 aromatic carbocycles. The highest BCUT2D eigenvalue weighted by molar-refractivity contribution is 8.15. The van der Waals surface area contributed by atoms with Crippen molar-refractivity contribution < 1.29 is 28.2 Å². The molecule has 0 bridgehead atoms. The zero-order valence-electron chi connectivity index (χ0n) is 12.5. The number of carboxylic acid groups (broad SMARTS) is 1. The van der Waals surface area contributed by atoms with Gasteiger partial charge in [0.05, 0.1) is 19.2 Å². The molecule has 0 spiro atoms. The molecule has 24 heavy (non-hydrogen) atoms. The van der Waals surface area contributed by atoms with Crippen LogP contribution in [0.5, 0.6) is 5.75 Å². The van der Waals surface area contributed by atoms with Crippen LogP contribution in [0.2, 0.25) is 0 Å². The standard InChI is InChI=1S/C14H13F2N3O4S/c1-2-23-12-7(3-8(15)4-9(12)16)6-17-19-14-18-13(22)10(24-14)5-11(20)21/h3-4,6,10H,2,5H2,1H3,(H,20,21)(H,18,19,22). The summed E-state index contributed by atoms with van der Waals surface area (Å²) in [5.74, 6) is -3.41. The third-order valence-corrected chi connectivity index (χ3v) is 3.88. The van der Waals surface area contributed by atoms with E-state index in [4.69, 9.17) is 9.84 Å². The lowest BCUT2D eigenvalue weighted by molar-refractivity contribution is -0.138. The Labute approximate surface area is 139 Å². The number of nitrogens with one attached hydrogen (secondary N) is 1. The van der Waals surface area contributed by atoms with Crippen LogP contribution >= 0.6 is 11.8 Å². The molecule has 1 heterocycles. The Morgan fingerprint density at radius 3 is 2.92 bits per heavy atom. The van der Waals surface area contributed by atoms with E-state index in [2.05, 4.69) is 15.5 Å². The van der Waals surface area contributed by atoms with Crippen molar-refractivity contribution in [3.05, 3.63) is 29.3 Å². The van der Waals surface area contributed by atoms with Crippen LogP contribution in [0, 0.1) is 11.6 Å². The number of carboxylic acids is 1. The van der Waals surface area contributed by atoms with E-state index in [0.717, 1.165) is 24.0 Å². The maximum atomic E-state index is 13.7. The number of hydrogen-bond acceptors (Lipinski definition) is 6. The maximum absolute atomic E-state index is 13.7. The Bertz CT molecular complexity index is 724. The van der Waals surface area contributed by atoms with Crippen molar-refractivity contribution in [2.24, 2.45) is 10.2 Å². The van der Waals surface area contributed by atoms with E-state index < -0.39 is 28.8 Å². The second-order valence-corrected chi connectivity index (χ2v) is 5.77. The molecule has 1 unspecified atom stereocenters. The SMILES string of the molecule is CCOc1c(F)cc(F)cc1C=NN=C1NC(=O)C(CC(=O)O)S1. The number of ether oxygens (including phenoxy) is 1. The summed E-state index contributed by atoms with van der Waals surface area (Å²) in [6, 6.07) is 1.73. The van der Waals surface area contributed by atoms with E-state index in [1.54, 1.807) is 6.92 Å². The van der Waals surface area contributed by atoms with E-state index >= 15 is 0 Å². The van der Waals surface area contributed by atoms with E-state index in [9.17, 15) is 18.4 Å². The summed E-state index contributed by atoms with van der Waals surface area (Å²) in [4.78, 5) is 22.2. The maximum Gasteiger partial charge on any atom is 0.305 e. The lowest BCUT2D eigenvalue weighted by atomic mass is 10.2. The van der Waals surface area contributed by atoms with Crippen molar-refractivity contribution in [2.75, 3.05) is 6.61 Å². The number of halogens is 2. The largest absolute Gasteiger partial charge is 0.490 e. The molecule has 1 aromatic rings. The molecule has 128 valence electrons. The molecular formula is C14H13F2N3O4S. The van der Waals surface area contributed by atoms with Gasteiger partial charge in [0.15, 0.2) is 16.7 Å². The van der Waals surface area contributed by atoms with Gasteiger partial charge in [-0.2, -0.15) is 5.10 Å². The summed E-state index contributed by atoms with van der Waals surface area (Å²) in [6.45, 7) is 1.83. The van der Waals surface area contributed by atoms with E-state index in [0.29, 0.717) is 6.07 Å². The minimum absolute atomic E-state index is 0.0510. The van der Waals surface area contributed by atoms with Gasteiger partial charge < -0.3 is 15.2 Å². The third kappa shape index (κ3) is 4.51. The molecule has 2 N–H and O–H groups in total. The van der Waals surface area contributed by atoms with Crippen molar-refractivity contribution >= 4 is 35.0 Å². The lowest BCUT2D eigenvalue weighted by Crippen LogP contribution is -2.26. The normalized spacial score (nSPS) is 19.0. The van der Waals surface area contributed by atoms with Crippen molar-refractivity contribution in [3.63, 3.8) is 0 Å². The fraction of sp³-hybridized carbons (Fsp3) is 0.286. The van der Waals surface area contributed by atoms with E-state index in [-0.39, 0.29) is 29.5 Å². The number of hydrogen-bond donors (Lipinski definition) is 2. The smallest absolute Gasteiger partial charge is 0.305 e. The molecule has 7 nitrogen and oxygen atoms in total. The summed E-state index contributed by atoms with van der Waals surface area (Å²) in [6.07, 6.45) is 0.740. The summed E-state index contributed by atoms with van der Waals surface area (Å²) < 4.78 is 32.1. The molecule has 1 aliphatic rings. The number of aliphatic carboxylic acids is 1. The molecule has 1 aliphatic heterocycles. The first kappa shape index (κ1) is 17.9. The predicted molar refractivity (Wildman–Crippen MR) is 84.3 cm³/mol. The number of rotatable bonds is 6. The van der Waals surface area contributed by atoms with Crippen LogP contribution in [-0.2, 0) is 9.59 Å². The third-order valence-electron chi connectivity index (χ3n) is 2.81. The second kappa shape index (κ2) is 7.86. The Hall–Kier alpha value is -2.49. The first-order valence-corrected chi connectivity index (χ1v) is 7.70. The van der Waals surface area contributed by atoms with Gasteiger partial charge in [0.2, 0.25) is 5.91 Å². The first-order valence-electron chi connectivity index (χ1n) is 6.83. The van der Waals surface area contributed by atoms with Crippen molar-refractivity contribution in [3.8, 4) is 5.75 Å². The van der Waals surface area contributed by atoms with Gasteiger partial charge >= 0.3 is 5.97 Å². The van der Waals surface area contributed by atoms with Crippen molar-refractivity contribution in [1.82, 2.24) is 5.32 Å². The number of carbonyl (C=O) groups is 2. The van der Waals surface area contributed by atoms with Crippen LogP contribution in [0.25, 0.3) is 0 Å². The average Bonchev–Trinajstić information content (AvgIpc) is 2.82. The van der Waals surface area contributed by atoms with Gasteiger partial charge in [0.1, 0.15) is 11.1 Å². The fourth-order valence-electron chi connectivity index (χ4n) is 1.86. The number of nitrogens with zero attached hydrogens (tertiary/aromatic N) is 2. The van der Waals surface area contributed by atoms with Crippen LogP contribution in [0.1, 0.15) is 18.9 Å². The number of thioether (sulfide) groups is 1. The minimum Gasteiger partial charge on any atom is -0.490 e. The lowest BCUT2D eigenvalue weighted by Gasteiger charge is -2.07. The summed E-state index contributed by atoms with van der Waals surface area (Å²) in [5, 5.41) is 17.8. The molecule has 0 saturated carbocycles. The molecule has 0 radical (unpaired) electrons. The summed E-state index contributed by atoms with van der Waals surface area (Å²) in [5.41, 5.74) is 0.0510. The highest BCUT2D eigenvalue weighted by Gasteiger charge is 2.32. The van der Waals surface area contributed by atoms with Gasteiger partial charge in [0.25, 0.3) is 0 Å². The van der Waals surface area contributed by atoms with E-state index in [1.165, 1.54) is 0 Å². The average molecular weight is 357 g/mol. The number of carbonyl (C=O) groups excluding carboxylic acids is 1. The van der Waals surface area contributed by atoms with Crippen LogP contribution < -0.4 is 10.1 Å². The first-order chi connectivity index (χ1) is 11.4. The molecule has 2 rings (SSSR count). The van der Waals surface area contributed by atoms with Gasteiger partial charge in [0, 0.05) is 11.6 Å². The van der Waals surface area contributed by atoms with Gasteiger partial charge in [-0.25, -0.2) is 8.78 Å². The topological polar surface area (TPSA) is 100 Å². The fourth-order valence-corrected chi connectivity index (χ4v) is 2.78. The van der Waals surface area contributed by atoms with Crippen LogP contribution in [0.4, 0.5) is 8.78 Å². The molecule has 0 aromatic heterocycles. The molecule has 1 fully saturated rings.